The smallest absolute Gasteiger partial charge is 0.258 e. The predicted molar refractivity (Wildman–Crippen MR) is 114 cm³/mol. The Bertz CT molecular complexity index is 1060. The molecule has 2 nitrogen and oxygen atoms in total. The van der Waals surface area contributed by atoms with E-state index in [9.17, 15) is 18.0 Å². The first-order valence-electron chi connectivity index (χ1n) is 9.14. The van der Waals surface area contributed by atoms with Crippen LogP contribution in [-0.4, -0.2) is 19.1 Å². The minimum atomic E-state index is -1.14. The standard InChI is InChI=1S/C23H18Cl2F3NO/c1-29(22-9-7-17(26)13-21(22)28)23(30)16-5-2-14(3-6-16)10-18(27)11-15-4-8-19(24)20(25)12-15/h2-9,12-13,18H,10-11H2,1H3. The summed E-state index contributed by atoms with van der Waals surface area (Å²) in [5.41, 5.74) is 1.74. The van der Waals surface area contributed by atoms with E-state index in [0.29, 0.717) is 15.6 Å². The van der Waals surface area contributed by atoms with E-state index in [1.54, 1.807) is 42.5 Å². The van der Waals surface area contributed by atoms with Gasteiger partial charge in [0.15, 0.2) is 0 Å². The molecule has 0 heterocycles. The van der Waals surface area contributed by atoms with Gasteiger partial charge in [-0.15, -0.1) is 0 Å². The van der Waals surface area contributed by atoms with Crippen molar-refractivity contribution in [1.82, 2.24) is 0 Å². The zero-order valence-corrected chi connectivity index (χ0v) is 17.5. The molecule has 0 bridgehead atoms. The number of hydrogen-bond donors (Lipinski definition) is 0. The van der Waals surface area contributed by atoms with Crippen LogP contribution in [0.5, 0.6) is 0 Å². The number of anilines is 1. The van der Waals surface area contributed by atoms with Gasteiger partial charge in [-0.1, -0.05) is 41.4 Å². The largest absolute Gasteiger partial charge is 0.309 e. The van der Waals surface area contributed by atoms with Gasteiger partial charge in [-0.3, -0.25) is 4.79 Å². The molecule has 0 saturated carbocycles. The molecule has 1 unspecified atom stereocenters. The molecule has 0 aliphatic carbocycles. The number of rotatable bonds is 6. The maximum atomic E-state index is 14.5. The summed E-state index contributed by atoms with van der Waals surface area (Å²) in [5, 5.41) is 0.799. The number of nitrogens with zero attached hydrogens (tertiary/aromatic N) is 1. The molecule has 1 amide bonds. The van der Waals surface area contributed by atoms with Crippen molar-refractivity contribution < 1.29 is 18.0 Å². The van der Waals surface area contributed by atoms with Crippen molar-refractivity contribution in [3.05, 3.63) is 99.0 Å². The second-order valence-electron chi connectivity index (χ2n) is 6.91. The summed E-state index contributed by atoms with van der Waals surface area (Å²) in [7, 11) is 1.40. The lowest BCUT2D eigenvalue weighted by Crippen LogP contribution is -2.27. The maximum Gasteiger partial charge on any atom is 0.258 e. The molecule has 0 fully saturated rings. The quantitative estimate of drug-likeness (QED) is 0.409. The number of alkyl halides is 1. The van der Waals surface area contributed by atoms with Crippen LogP contribution in [0.2, 0.25) is 10.0 Å². The van der Waals surface area contributed by atoms with Gasteiger partial charge < -0.3 is 4.90 Å². The van der Waals surface area contributed by atoms with Crippen LogP contribution in [0, 0.1) is 11.6 Å². The molecule has 0 spiro atoms. The van der Waals surface area contributed by atoms with Gasteiger partial charge in [0.25, 0.3) is 5.91 Å². The van der Waals surface area contributed by atoms with Crippen molar-refractivity contribution in [2.45, 2.75) is 19.0 Å². The van der Waals surface area contributed by atoms with Gasteiger partial charge in [-0.05, 0) is 47.5 Å². The summed E-state index contributed by atoms with van der Waals surface area (Å²) < 4.78 is 41.5. The van der Waals surface area contributed by atoms with E-state index in [-0.39, 0.29) is 18.5 Å². The zero-order valence-electron chi connectivity index (χ0n) is 16.0. The van der Waals surface area contributed by atoms with Crippen molar-refractivity contribution in [2.75, 3.05) is 11.9 Å². The SMILES string of the molecule is CN(C(=O)c1ccc(CC(F)Cc2ccc(Cl)c(Cl)c2)cc1)c1ccc(F)cc1F. The van der Waals surface area contributed by atoms with E-state index in [2.05, 4.69) is 0 Å². The lowest BCUT2D eigenvalue weighted by atomic mass is 10.0. The van der Waals surface area contributed by atoms with Gasteiger partial charge in [0.2, 0.25) is 0 Å². The van der Waals surface area contributed by atoms with Crippen LogP contribution in [0.15, 0.2) is 60.7 Å². The molecule has 3 aromatic carbocycles. The normalized spacial score (nSPS) is 11.9. The first kappa shape index (κ1) is 22.2. The fourth-order valence-corrected chi connectivity index (χ4v) is 3.41. The molecule has 0 aliphatic rings. The maximum absolute atomic E-state index is 14.5. The molecule has 30 heavy (non-hydrogen) atoms. The van der Waals surface area contributed by atoms with Gasteiger partial charge in [-0.2, -0.15) is 0 Å². The van der Waals surface area contributed by atoms with Gasteiger partial charge in [0.05, 0.1) is 15.7 Å². The predicted octanol–water partition coefficient (Wildman–Crippen LogP) is 6.67. The van der Waals surface area contributed by atoms with Crippen LogP contribution in [0.4, 0.5) is 18.9 Å². The third kappa shape index (κ3) is 5.35. The lowest BCUT2D eigenvalue weighted by Gasteiger charge is -2.18. The van der Waals surface area contributed by atoms with Crippen molar-refractivity contribution in [2.24, 2.45) is 0 Å². The topological polar surface area (TPSA) is 20.3 Å². The molecule has 0 radical (unpaired) electrons. The average Bonchev–Trinajstić information content (AvgIpc) is 2.70. The highest BCUT2D eigenvalue weighted by atomic mass is 35.5. The average molecular weight is 452 g/mol. The number of benzene rings is 3. The number of amides is 1. The molecule has 156 valence electrons. The van der Waals surface area contributed by atoms with Crippen molar-refractivity contribution >= 4 is 34.8 Å². The molecule has 3 aromatic rings. The Hall–Kier alpha value is -2.50. The highest BCUT2D eigenvalue weighted by molar-refractivity contribution is 6.42. The highest BCUT2D eigenvalue weighted by Gasteiger charge is 2.18. The van der Waals surface area contributed by atoms with E-state index in [1.807, 2.05) is 0 Å². The molecule has 1 atom stereocenters. The molecule has 0 aliphatic heterocycles. The van der Waals surface area contributed by atoms with Crippen molar-refractivity contribution in [3.8, 4) is 0 Å². The Labute approximate surface area is 182 Å². The number of halogens is 5. The first-order chi connectivity index (χ1) is 14.2. The Morgan fingerprint density at radius 2 is 1.53 bits per heavy atom. The Kier molecular flexibility index (Phi) is 7.06. The first-order valence-corrected chi connectivity index (χ1v) is 9.90. The number of carbonyl (C=O) groups excluding carboxylic acids is 1. The summed E-state index contributed by atoms with van der Waals surface area (Å²) in [4.78, 5) is 13.7. The summed E-state index contributed by atoms with van der Waals surface area (Å²) in [6, 6.07) is 14.4. The van der Waals surface area contributed by atoms with Gasteiger partial charge in [-0.25, -0.2) is 13.2 Å². The van der Waals surface area contributed by atoms with E-state index >= 15 is 0 Å². The minimum Gasteiger partial charge on any atom is -0.309 e. The molecule has 7 heteroatoms. The highest BCUT2D eigenvalue weighted by Crippen LogP contribution is 2.24. The van der Waals surface area contributed by atoms with Crippen LogP contribution < -0.4 is 4.90 Å². The number of carbonyl (C=O) groups is 1. The van der Waals surface area contributed by atoms with E-state index < -0.39 is 23.7 Å². The van der Waals surface area contributed by atoms with Crippen LogP contribution >= 0.6 is 23.2 Å². The fraction of sp³-hybridized carbons (Fsp3) is 0.174. The fourth-order valence-electron chi connectivity index (χ4n) is 3.09. The van der Waals surface area contributed by atoms with E-state index in [1.165, 1.54) is 13.1 Å². The minimum absolute atomic E-state index is 0.0316. The van der Waals surface area contributed by atoms with Gasteiger partial charge >= 0.3 is 0 Å². The molecular formula is C23H18Cl2F3NO. The monoisotopic (exact) mass is 451 g/mol. The zero-order chi connectivity index (χ0) is 21.8. The Morgan fingerprint density at radius 1 is 0.900 bits per heavy atom. The van der Waals surface area contributed by atoms with Crippen molar-refractivity contribution in [3.63, 3.8) is 0 Å². The summed E-state index contributed by atoms with van der Waals surface area (Å²) in [6.45, 7) is 0. The third-order valence-electron chi connectivity index (χ3n) is 4.67. The molecule has 0 aromatic heterocycles. The Morgan fingerprint density at radius 3 is 2.17 bits per heavy atom. The molecule has 0 N–H and O–H groups in total. The molecular weight excluding hydrogens is 434 g/mol. The summed E-state index contributed by atoms with van der Waals surface area (Å²) in [6.07, 6.45) is -0.791. The molecule has 3 rings (SSSR count). The molecule has 0 saturated heterocycles. The second kappa shape index (κ2) is 9.54. The van der Waals surface area contributed by atoms with Crippen molar-refractivity contribution in [1.29, 1.82) is 0 Å². The third-order valence-corrected chi connectivity index (χ3v) is 5.41. The van der Waals surface area contributed by atoms with Crippen LogP contribution in [0.25, 0.3) is 0 Å². The van der Waals surface area contributed by atoms with Crippen LogP contribution in [0.3, 0.4) is 0 Å². The lowest BCUT2D eigenvalue weighted by molar-refractivity contribution is 0.0992. The van der Waals surface area contributed by atoms with Crippen LogP contribution in [0.1, 0.15) is 21.5 Å². The summed E-state index contributed by atoms with van der Waals surface area (Å²) >= 11 is 11.8. The van der Waals surface area contributed by atoms with Crippen LogP contribution in [-0.2, 0) is 12.8 Å². The number of hydrogen-bond acceptors (Lipinski definition) is 1. The second-order valence-corrected chi connectivity index (χ2v) is 7.73. The van der Waals surface area contributed by atoms with Gasteiger partial charge in [0.1, 0.15) is 17.8 Å². The van der Waals surface area contributed by atoms with E-state index in [4.69, 9.17) is 23.2 Å². The Balaban J connectivity index is 1.65. The van der Waals surface area contributed by atoms with E-state index in [0.717, 1.165) is 28.2 Å². The summed E-state index contributed by atoms with van der Waals surface area (Å²) in [5.74, 6) is -2.01. The van der Waals surface area contributed by atoms with Gasteiger partial charge in [0, 0.05) is 31.5 Å².